The lowest BCUT2D eigenvalue weighted by atomic mass is 9.52. The van der Waals surface area contributed by atoms with Gasteiger partial charge in [-0.05, 0) is 87.3 Å². The highest BCUT2D eigenvalue weighted by molar-refractivity contribution is 6.09. The molecule has 1 aliphatic heterocycles. The number of aromatic nitrogens is 2. The highest BCUT2D eigenvalue weighted by Crippen LogP contribution is 2.57. The van der Waals surface area contributed by atoms with Crippen LogP contribution in [-0.4, -0.2) is 41.3 Å². The van der Waals surface area contributed by atoms with E-state index >= 15 is 0 Å². The summed E-state index contributed by atoms with van der Waals surface area (Å²) in [5, 5.41) is 6.63. The van der Waals surface area contributed by atoms with E-state index in [0.29, 0.717) is 23.5 Å². The molecular weight excluding hydrogens is 410 g/mol. The van der Waals surface area contributed by atoms with Crippen molar-refractivity contribution in [2.24, 2.45) is 10.4 Å². The summed E-state index contributed by atoms with van der Waals surface area (Å²) in [6.45, 7) is 8.13. The molecule has 2 aromatic rings. The third kappa shape index (κ3) is 4.21. The van der Waals surface area contributed by atoms with Crippen LogP contribution in [0.15, 0.2) is 41.8 Å². The maximum Gasteiger partial charge on any atom is 0.124 e. The van der Waals surface area contributed by atoms with Crippen molar-refractivity contribution in [1.82, 2.24) is 20.2 Å². The fourth-order valence-electron chi connectivity index (χ4n) is 5.92. The summed E-state index contributed by atoms with van der Waals surface area (Å²) in [6.07, 6.45) is 15.9. The molecule has 3 aliphatic carbocycles. The van der Waals surface area contributed by atoms with Gasteiger partial charge < -0.3 is 4.74 Å². The summed E-state index contributed by atoms with van der Waals surface area (Å²) in [7, 11) is 1.76. The van der Waals surface area contributed by atoms with Crippen molar-refractivity contribution < 1.29 is 4.74 Å². The molecule has 0 spiro atoms. The summed E-state index contributed by atoms with van der Waals surface area (Å²) in [5.41, 5.74) is 9.47. The number of ether oxygens (including phenoxy) is 1. The van der Waals surface area contributed by atoms with Gasteiger partial charge in [0.1, 0.15) is 12.4 Å². The molecule has 176 valence electrons. The van der Waals surface area contributed by atoms with Crippen molar-refractivity contribution in [3.05, 3.63) is 53.5 Å². The molecule has 0 amide bonds. The largest absolute Gasteiger partial charge is 0.496 e. The van der Waals surface area contributed by atoms with Crippen molar-refractivity contribution in [3.8, 4) is 5.75 Å². The van der Waals surface area contributed by atoms with Crippen LogP contribution in [0.2, 0.25) is 0 Å². The second-order valence-corrected chi connectivity index (χ2v) is 10.6. The number of hydrazine groups is 1. The van der Waals surface area contributed by atoms with Gasteiger partial charge in [-0.1, -0.05) is 12.1 Å². The maximum absolute atomic E-state index is 5.48. The molecule has 4 aliphatic rings. The molecule has 0 radical (unpaired) electrons. The summed E-state index contributed by atoms with van der Waals surface area (Å²) >= 11 is 0. The monoisotopic (exact) mass is 447 g/mol. The number of allylic oxidation sites excluding steroid dienone is 1. The van der Waals surface area contributed by atoms with Crippen molar-refractivity contribution in [3.63, 3.8) is 0 Å². The lowest BCUT2D eigenvalue weighted by Gasteiger charge is -2.54. The Bertz CT molecular complexity index is 1040. The van der Waals surface area contributed by atoms with Crippen LogP contribution in [-0.2, 0) is 5.41 Å². The van der Waals surface area contributed by atoms with E-state index in [1.165, 1.54) is 49.7 Å². The SMILES string of the molecule is COc1ccc(C23CCC(CNN4C=C(c5cnn(C(C)C)c5)C=NC4)(CC2)CC3)cc1C. The number of aliphatic imine (C=N–C) groups is 1. The standard InChI is InChI=1S/C27H37N5O/c1-20(2)32-17-23(15-29-32)22-14-28-19-31(16-22)30-18-26-7-10-27(11-8-26,12-9-26)24-5-6-25(33-4)21(3)13-24/h5-6,13-17,20,30H,7-12,18-19H2,1-4H3. The molecule has 0 saturated heterocycles. The van der Waals surface area contributed by atoms with Crippen LogP contribution in [0.4, 0.5) is 0 Å². The molecular formula is C27H37N5O. The lowest BCUT2D eigenvalue weighted by molar-refractivity contribution is 0.0263. The molecule has 0 atom stereocenters. The second-order valence-electron chi connectivity index (χ2n) is 10.6. The number of hydrogen-bond acceptors (Lipinski definition) is 5. The Morgan fingerprint density at radius 1 is 1.12 bits per heavy atom. The van der Waals surface area contributed by atoms with E-state index in [2.05, 4.69) is 71.9 Å². The Balaban J connectivity index is 1.22. The van der Waals surface area contributed by atoms with Crippen molar-refractivity contribution >= 4 is 11.8 Å². The minimum atomic E-state index is 0.359. The topological polar surface area (TPSA) is 54.7 Å². The van der Waals surface area contributed by atoms with E-state index in [1.807, 2.05) is 17.1 Å². The van der Waals surface area contributed by atoms with E-state index in [-0.39, 0.29) is 0 Å². The zero-order valence-corrected chi connectivity index (χ0v) is 20.5. The van der Waals surface area contributed by atoms with Gasteiger partial charge in [-0.15, -0.1) is 0 Å². The van der Waals surface area contributed by atoms with Gasteiger partial charge in [-0.3, -0.25) is 14.7 Å². The first-order valence-corrected chi connectivity index (χ1v) is 12.3. The fraction of sp³-hybridized carbons (Fsp3) is 0.556. The smallest absolute Gasteiger partial charge is 0.124 e. The van der Waals surface area contributed by atoms with Crippen LogP contribution >= 0.6 is 0 Å². The van der Waals surface area contributed by atoms with E-state index in [4.69, 9.17) is 4.74 Å². The van der Waals surface area contributed by atoms with Crippen molar-refractivity contribution in [1.29, 1.82) is 0 Å². The molecule has 1 N–H and O–H groups in total. The minimum Gasteiger partial charge on any atom is -0.496 e. The molecule has 2 heterocycles. The first-order valence-electron chi connectivity index (χ1n) is 12.3. The number of fused-ring (bicyclic) bond motifs is 3. The van der Waals surface area contributed by atoms with Gasteiger partial charge in [0.25, 0.3) is 0 Å². The van der Waals surface area contributed by atoms with Gasteiger partial charge in [-0.25, -0.2) is 5.43 Å². The summed E-state index contributed by atoms with van der Waals surface area (Å²) in [6, 6.07) is 7.19. The molecule has 3 saturated carbocycles. The molecule has 33 heavy (non-hydrogen) atoms. The van der Waals surface area contributed by atoms with Gasteiger partial charge in [0.2, 0.25) is 0 Å². The molecule has 1 aromatic carbocycles. The second kappa shape index (κ2) is 8.64. The molecule has 0 unspecified atom stereocenters. The average molecular weight is 448 g/mol. The number of aryl methyl sites for hydroxylation is 1. The van der Waals surface area contributed by atoms with E-state index in [1.54, 1.807) is 7.11 Å². The Kier molecular flexibility index (Phi) is 5.81. The van der Waals surface area contributed by atoms with E-state index in [0.717, 1.165) is 23.4 Å². The predicted octanol–water partition coefficient (Wildman–Crippen LogP) is 5.26. The number of nitrogens with zero attached hydrogens (tertiary/aromatic N) is 4. The summed E-state index contributed by atoms with van der Waals surface area (Å²) < 4.78 is 7.48. The molecule has 3 fully saturated rings. The van der Waals surface area contributed by atoms with Gasteiger partial charge in [-0.2, -0.15) is 5.10 Å². The molecule has 6 rings (SSSR count). The van der Waals surface area contributed by atoms with Crippen LogP contribution in [0, 0.1) is 12.3 Å². The Hall–Kier alpha value is -2.60. The van der Waals surface area contributed by atoms with Gasteiger partial charge >= 0.3 is 0 Å². The highest BCUT2D eigenvalue weighted by Gasteiger charge is 2.49. The fourth-order valence-corrected chi connectivity index (χ4v) is 5.92. The zero-order chi connectivity index (χ0) is 23.1. The number of nitrogens with one attached hydrogen (secondary N) is 1. The van der Waals surface area contributed by atoms with Crippen LogP contribution < -0.4 is 10.2 Å². The van der Waals surface area contributed by atoms with Crippen molar-refractivity contribution in [2.45, 2.75) is 70.8 Å². The number of rotatable bonds is 7. The van der Waals surface area contributed by atoms with Crippen LogP contribution in [0.25, 0.3) is 5.57 Å². The summed E-state index contributed by atoms with van der Waals surface area (Å²) in [5.74, 6) is 0.994. The Morgan fingerprint density at radius 3 is 2.52 bits per heavy atom. The number of methoxy groups -OCH3 is 1. The Labute approximate surface area is 197 Å². The quantitative estimate of drug-likeness (QED) is 0.629. The number of benzene rings is 1. The first kappa shape index (κ1) is 22.2. The molecule has 1 aromatic heterocycles. The van der Waals surface area contributed by atoms with Crippen LogP contribution in [0.3, 0.4) is 0 Å². The van der Waals surface area contributed by atoms with Crippen molar-refractivity contribution in [2.75, 3.05) is 20.3 Å². The third-order valence-corrected chi connectivity index (χ3v) is 8.29. The minimum absolute atomic E-state index is 0.359. The van der Waals surface area contributed by atoms with Gasteiger partial charge in [0.15, 0.2) is 0 Å². The highest BCUT2D eigenvalue weighted by atomic mass is 16.5. The lowest BCUT2D eigenvalue weighted by Crippen LogP contribution is -2.51. The zero-order valence-electron chi connectivity index (χ0n) is 20.5. The third-order valence-electron chi connectivity index (χ3n) is 8.29. The maximum atomic E-state index is 5.48. The van der Waals surface area contributed by atoms with E-state index < -0.39 is 0 Å². The van der Waals surface area contributed by atoms with Gasteiger partial charge in [0, 0.05) is 42.3 Å². The number of hydrogen-bond donors (Lipinski definition) is 1. The van der Waals surface area contributed by atoms with Crippen LogP contribution in [0.5, 0.6) is 5.75 Å². The summed E-state index contributed by atoms with van der Waals surface area (Å²) in [4.78, 5) is 4.59. The van der Waals surface area contributed by atoms with Crippen LogP contribution in [0.1, 0.15) is 75.1 Å². The average Bonchev–Trinajstić information content (AvgIpc) is 3.35. The first-order chi connectivity index (χ1) is 15.9. The van der Waals surface area contributed by atoms with Gasteiger partial charge in [0.05, 0.1) is 13.3 Å². The predicted molar refractivity (Wildman–Crippen MR) is 133 cm³/mol. The molecule has 2 bridgehead atoms. The van der Waals surface area contributed by atoms with E-state index in [9.17, 15) is 0 Å². The Morgan fingerprint density at radius 2 is 1.88 bits per heavy atom. The molecule has 6 heteroatoms. The normalized spacial score (nSPS) is 26.7. The molecule has 6 nitrogen and oxygen atoms in total.